The molecule has 0 unspecified atom stereocenters. The summed E-state index contributed by atoms with van der Waals surface area (Å²) in [4.78, 5) is 9.19. The Morgan fingerprint density at radius 1 is 1.50 bits per heavy atom. The third-order valence-corrected chi connectivity index (χ3v) is 1.63. The van der Waals surface area contributed by atoms with E-state index in [1.54, 1.807) is 11.9 Å². The lowest BCUT2D eigenvalue weighted by Gasteiger charge is -2.26. The Kier molecular flexibility index (Phi) is 3.00. The van der Waals surface area contributed by atoms with Gasteiger partial charge in [0.05, 0.1) is 12.4 Å². The number of hydrogen-bond donors (Lipinski definition) is 1. The lowest BCUT2D eigenvalue weighted by atomic mass is 10.1. The van der Waals surface area contributed by atoms with Crippen LogP contribution in [0.4, 0.5) is 10.2 Å². The Morgan fingerprint density at radius 2 is 2.14 bits per heavy atom. The highest BCUT2D eigenvalue weighted by atomic mass is 19.1. The largest absolute Gasteiger partial charge is 0.356 e. The van der Waals surface area contributed by atoms with Gasteiger partial charge in [0.1, 0.15) is 5.82 Å². The van der Waals surface area contributed by atoms with E-state index in [-0.39, 0.29) is 5.54 Å². The predicted octanol–water partition coefficient (Wildman–Crippen LogP) is 0.789. The van der Waals surface area contributed by atoms with Crippen LogP contribution in [0, 0.1) is 5.95 Å². The molecule has 0 amide bonds. The monoisotopic (exact) mass is 198 g/mol. The molecule has 0 bridgehead atoms. The van der Waals surface area contributed by atoms with Crippen molar-refractivity contribution >= 4 is 5.82 Å². The number of likely N-dealkylation sites (N-methyl/N-ethyl adjacent to an activating group) is 1. The molecule has 78 valence electrons. The zero-order valence-corrected chi connectivity index (χ0v) is 8.66. The Bertz CT molecular complexity index is 308. The summed E-state index contributed by atoms with van der Waals surface area (Å²) in [5.74, 6) is -0.0901. The molecule has 0 aliphatic carbocycles. The molecule has 0 saturated heterocycles. The van der Waals surface area contributed by atoms with Gasteiger partial charge in [-0.05, 0) is 13.8 Å². The fourth-order valence-corrected chi connectivity index (χ4v) is 1.21. The van der Waals surface area contributed by atoms with Gasteiger partial charge >= 0.3 is 0 Å². The first-order chi connectivity index (χ1) is 6.38. The highest BCUT2D eigenvalue weighted by molar-refractivity contribution is 5.34. The average Bonchev–Trinajstić information content (AvgIpc) is 2.01. The first-order valence-electron chi connectivity index (χ1n) is 4.36. The Balaban J connectivity index is 2.74. The summed E-state index contributed by atoms with van der Waals surface area (Å²) in [5.41, 5.74) is 5.48. The summed E-state index contributed by atoms with van der Waals surface area (Å²) in [5, 5.41) is 0. The van der Waals surface area contributed by atoms with Crippen LogP contribution in [-0.2, 0) is 0 Å². The summed E-state index contributed by atoms with van der Waals surface area (Å²) in [6.45, 7) is 4.39. The second kappa shape index (κ2) is 3.88. The molecule has 2 N–H and O–H groups in total. The van der Waals surface area contributed by atoms with Gasteiger partial charge in [-0.3, -0.25) is 4.98 Å². The second-order valence-corrected chi connectivity index (χ2v) is 4.04. The van der Waals surface area contributed by atoms with E-state index in [0.29, 0.717) is 12.4 Å². The number of hydrogen-bond acceptors (Lipinski definition) is 4. The first-order valence-corrected chi connectivity index (χ1v) is 4.36. The van der Waals surface area contributed by atoms with E-state index in [9.17, 15) is 4.39 Å². The Labute approximate surface area is 83.0 Å². The smallest absolute Gasteiger partial charge is 0.233 e. The van der Waals surface area contributed by atoms with Crippen molar-refractivity contribution in [1.29, 1.82) is 0 Å². The number of nitrogens with two attached hydrogens (primary N) is 1. The van der Waals surface area contributed by atoms with Crippen molar-refractivity contribution in [3.05, 3.63) is 18.3 Å². The third-order valence-electron chi connectivity index (χ3n) is 1.63. The molecule has 0 radical (unpaired) electrons. The standard InChI is InChI=1S/C9H15FN4/c1-9(2,11)6-14(3)8-5-12-4-7(10)13-8/h4-5H,6,11H2,1-3H3. The van der Waals surface area contributed by atoms with Gasteiger partial charge in [-0.1, -0.05) is 0 Å². The molecule has 0 aliphatic heterocycles. The van der Waals surface area contributed by atoms with E-state index in [2.05, 4.69) is 9.97 Å². The molecule has 0 aliphatic rings. The van der Waals surface area contributed by atoms with Crippen LogP contribution in [0.1, 0.15) is 13.8 Å². The molecule has 0 aromatic carbocycles. The molecule has 0 saturated carbocycles. The van der Waals surface area contributed by atoms with Crippen molar-refractivity contribution < 1.29 is 4.39 Å². The summed E-state index contributed by atoms with van der Waals surface area (Å²) >= 11 is 0. The molecule has 5 heteroatoms. The number of halogens is 1. The van der Waals surface area contributed by atoms with Crippen LogP contribution in [0.5, 0.6) is 0 Å². The third kappa shape index (κ3) is 3.26. The van der Waals surface area contributed by atoms with Gasteiger partial charge in [0, 0.05) is 19.1 Å². The quantitative estimate of drug-likeness (QED) is 0.780. The van der Waals surface area contributed by atoms with E-state index < -0.39 is 5.95 Å². The fourth-order valence-electron chi connectivity index (χ4n) is 1.21. The Hall–Kier alpha value is -1.23. The van der Waals surface area contributed by atoms with Gasteiger partial charge < -0.3 is 10.6 Å². The van der Waals surface area contributed by atoms with E-state index in [1.807, 2.05) is 13.8 Å². The van der Waals surface area contributed by atoms with Crippen LogP contribution >= 0.6 is 0 Å². The van der Waals surface area contributed by atoms with Crippen molar-refractivity contribution in [1.82, 2.24) is 9.97 Å². The second-order valence-electron chi connectivity index (χ2n) is 4.04. The zero-order chi connectivity index (χ0) is 10.8. The normalized spacial score (nSPS) is 11.5. The van der Waals surface area contributed by atoms with Crippen molar-refractivity contribution in [2.75, 3.05) is 18.5 Å². The summed E-state index contributed by atoms with van der Waals surface area (Å²) in [7, 11) is 1.80. The molecule has 0 spiro atoms. The SMILES string of the molecule is CN(CC(C)(C)N)c1cncc(F)n1. The van der Waals surface area contributed by atoms with Crippen LogP contribution in [-0.4, -0.2) is 29.1 Å². The molecule has 1 rings (SSSR count). The molecule has 0 fully saturated rings. The maximum absolute atomic E-state index is 12.7. The summed E-state index contributed by atoms with van der Waals surface area (Å²) < 4.78 is 12.7. The molecule has 0 atom stereocenters. The highest BCUT2D eigenvalue weighted by Crippen LogP contribution is 2.09. The van der Waals surface area contributed by atoms with Gasteiger partial charge in [-0.15, -0.1) is 0 Å². The topological polar surface area (TPSA) is 55.0 Å². The van der Waals surface area contributed by atoms with E-state index in [4.69, 9.17) is 5.73 Å². The minimum atomic E-state index is -0.579. The zero-order valence-electron chi connectivity index (χ0n) is 8.66. The van der Waals surface area contributed by atoms with Crippen LogP contribution in [0.25, 0.3) is 0 Å². The summed E-state index contributed by atoms with van der Waals surface area (Å²) in [6.07, 6.45) is 2.58. The minimum absolute atomic E-state index is 0.344. The van der Waals surface area contributed by atoms with Crippen LogP contribution in [0.3, 0.4) is 0 Å². The van der Waals surface area contributed by atoms with Crippen LogP contribution < -0.4 is 10.6 Å². The van der Waals surface area contributed by atoms with Crippen molar-refractivity contribution in [2.24, 2.45) is 5.73 Å². The van der Waals surface area contributed by atoms with Gasteiger partial charge in [-0.25, -0.2) is 0 Å². The predicted molar refractivity (Wildman–Crippen MR) is 53.5 cm³/mol. The van der Waals surface area contributed by atoms with E-state index in [0.717, 1.165) is 6.20 Å². The van der Waals surface area contributed by atoms with Gasteiger partial charge in [0.2, 0.25) is 5.95 Å². The average molecular weight is 198 g/mol. The van der Waals surface area contributed by atoms with Gasteiger partial charge in [-0.2, -0.15) is 9.37 Å². The molecular weight excluding hydrogens is 183 g/mol. The summed E-state index contributed by atoms with van der Waals surface area (Å²) in [6, 6.07) is 0. The van der Waals surface area contributed by atoms with E-state index >= 15 is 0 Å². The molecule has 1 aromatic heterocycles. The number of aromatic nitrogens is 2. The number of nitrogens with zero attached hydrogens (tertiary/aromatic N) is 3. The van der Waals surface area contributed by atoms with Crippen molar-refractivity contribution in [3.8, 4) is 0 Å². The number of rotatable bonds is 3. The van der Waals surface area contributed by atoms with Gasteiger partial charge in [0.25, 0.3) is 0 Å². The fraction of sp³-hybridized carbons (Fsp3) is 0.556. The van der Waals surface area contributed by atoms with Gasteiger partial charge in [0.15, 0.2) is 0 Å². The molecule has 4 nitrogen and oxygen atoms in total. The van der Waals surface area contributed by atoms with Crippen LogP contribution in [0.2, 0.25) is 0 Å². The number of anilines is 1. The molecule has 14 heavy (non-hydrogen) atoms. The lowest BCUT2D eigenvalue weighted by molar-refractivity contribution is 0.512. The highest BCUT2D eigenvalue weighted by Gasteiger charge is 2.15. The maximum Gasteiger partial charge on any atom is 0.233 e. The minimum Gasteiger partial charge on any atom is -0.356 e. The maximum atomic E-state index is 12.7. The van der Waals surface area contributed by atoms with Crippen molar-refractivity contribution in [3.63, 3.8) is 0 Å². The van der Waals surface area contributed by atoms with Crippen molar-refractivity contribution in [2.45, 2.75) is 19.4 Å². The molecule has 1 aromatic rings. The lowest BCUT2D eigenvalue weighted by Crippen LogP contribution is -2.44. The Morgan fingerprint density at radius 3 is 2.64 bits per heavy atom. The van der Waals surface area contributed by atoms with Crippen LogP contribution in [0.15, 0.2) is 12.4 Å². The molecular formula is C9H15FN4. The molecule has 1 heterocycles. The first kappa shape index (κ1) is 10.8. The van der Waals surface area contributed by atoms with E-state index in [1.165, 1.54) is 6.20 Å².